The Hall–Kier alpha value is -2.57. The number of likely N-dealkylation sites (N-methyl/N-ethyl adjacent to an activating group) is 1. The first-order valence-electron chi connectivity index (χ1n) is 6.80. The van der Waals surface area contributed by atoms with Gasteiger partial charge in [-0.15, -0.1) is 0 Å². The summed E-state index contributed by atoms with van der Waals surface area (Å²) >= 11 is 0. The van der Waals surface area contributed by atoms with Crippen molar-refractivity contribution in [2.45, 2.75) is 25.3 Å². The van der Waals surface area contributed by atoms with Crippen molar-refractivity contribution < 1.29 is 14.7 Å². The Morgan fingerprint density at radius 3 is 3.14 bits per heavy atom. The fourth-order valence-electron chi connectivity index (χ4n) is 2.60. The molecule has 1 aliphatic rings. The molecule has 1 aliphatic heterocycles. The van der Waals surface area contributed by atoms with E-state index in [2.05, 4.69) is 15.5 Å². The lowest BCUT2D eigenvalue weighted by atomic mass is 10.0. The highest BCUT2D eigenvalue weighted by Gasteiger charge is 2.30. The highest BCUT2D eigenvalue weighted by molar-refractivity contribution is 6.03. The van der Waals surface area contributed by atoms with E-state index in [4.69, 9.17) is 0 Å². The number of aromatic hydroxyl groups is 1. The van der Waals surface area contributed by atoms with Gasteiger partial charge >= 0.3 is 0 Å². The number of aromatic nitrogens is 2. The summed E-state index contributed by atoms with van der Waals surface area (Å²) in [6, 6.07) is 4.28. The van der Waals surface area contributed by atoms with Gasteiger partial charge in [0.05, 0.1) is 5.52 Å². The summed E-state index contributed by atoms with van der Waals surface area (Å²) in [5, 5.41) is 19.7. The van der Waals surface area contributed by atoms with E-state index in [1.165, 1.54) is 17.0 Å². The number of phenols is 1. The van der Waals surface area contributed by atoms with Gasteiger partial charge in [-0.25, -0.2) is 0 Å². The number of anilines is 1. The molecule has 3 rings (SSSR count). The number of nitrogens with zero attached hydrogens (tertiary/aromatic N) is 2. The number of phenolic OH excluding ortho intramolecular Hbond substituents is 1. The predicted molar refractivity (Wildman–Crippen MR) is 76.8 cm³/mol. The van der Waals surface area contributed by atoms with Gasteiger partial charge in [0.25, 0.3) is 0 Å². The largest absolute Gasteiger partial charge is 0.508 e. The topological polar surface area (TPSA) is 98.3 Å². The first kappa shape index (κ1) is 13.4. The van der Waals surface area contributed by atoms with Crippen LogP contribution >= 0.6 is 0 Å². The molecule has 1 unspecified atom stereocenters. The molecule has 1 saturated heterocycles. The summed E-state index contributed by atoms with van der Waals surface area (Å²) in [7, 11) is 1.65. The third-order valence-electron chi connectivity index (χ3n) is 3.82. The number of fused-ring (bicyclic) bond motifs is 1. The second kappa shape index (κ2) is 5.08. The predicted octanol–water partition coefficient (Wildman–Crippen LogP) is 1.22. The number of piperidine rings is 1. The zero-order valence-electron chi connectivity index (χ0n) is 11.6. The van der Waals surface area contributed by atoms with Gasteiger partial charge < -0.3 is 15.3 Å². The van der Waals surface area contributed by atoms with Crippen molar-refractivity contribution in [1.82, 2.24) is 15.1 Å². The second-order valence-corrected chi connectivity index (χ2v) is 5.20. The molecule has 7 nitrogen and oxygen atoms in total. The maximum atomic E-state index is 12.3. The standard InChI is InChI=1S/C14H16N4O3/c1-18-11(3-2-4-12(18)20)14(21)15-13-9-6-5-8(19)7-10(9)16-17-13/h5-7,11,19H,2-4H2,1H3,(H2,15,16,17,21). The molecule has 3 N–H and O–H groups in total. The van der Waals surface area contributed by atoms with Crippen LogP contribution in [0.2, 0.25) is 0 Å². The van der Waals surface area contributed by atoms with Crippen molar-refractivity contribution >= 4 is 28.5 Å². The fourth-order valence-corrected chi connectivity index (χ4v) is 2.60. The van der Waals surface area contributed by atoms with Crippen LogP contribution in [0.15, 0.2) is 18.2 Å². The van der Waals surface area contributed by atoms with Crippen LogP contribution in [-0.4, -0.2) is 45.1 Å². The summed E-state index contributed by atoms with van der Waals surface area (Å²) in [5.74, 6) is 0.272. The Morgan fingerprint density at radius 2 is 2.33 bits per heavy atom. The van der Waals surface area contributed by atoms with Gasteiger partial charge in [-0.05, 0) is 25.0 Å². The first-order valence-corrected chi connectivity index (χ1v) is 6.80. The van der Waals surface area contributed by atoms with Crippen molar-refractivity contribution in [3.8, 4) is 5.75 Å². The van der Waals surface area contributed by atoms with Gasteiger partial charge in [-0.1, -0.05) is 0 Å². The van der Waals surface area contributed by atoms with Crippen LogP contribution < -0.4 is 5.32 Å². The molecule has 1 fully saturated rings. The quantitative estimate of drug-likeness (QED) is 0.773. The average Bonchev–Trinajstić information content (AvgIpc) is 2.84. The highest BCUT2D eigenvalue weighted by atomic mass is 16.3. The first-order chi connectivity index (χ1) is 10.1. The van der Waals surface area contributed by atoms with Crippen LogP contribution in [-0.2, 0) is 9.59 Å². The van der Waals surface area contributed by atoms with Crippen molar-refractivity contribution in [3.05, 3.63) is 18.2 Å². The summed E-state index contributed by atoms with van der Waals surface area (Å²) < 4.78 is 0. The van der Waals surface area contributed by atoms with Gasteiger partial charge in [0.2, 0.25) is 11.8 Å². The molecule has 2 amide bonds. The van der Waals surface area contributed by atoms with Crippen molar-refractivity contribution in [3.63, 3.8) is 0 Å². The molecule has 2 aromatic rings. The Morgan fingerprint density at radius 1 is 1.52 bits per heavy atom. The molecule has 21 heavy (non-hydrogen) atoms. The van der Waals surface area contributed by atoms with E-state index in [0.29, 0.717) is 29.6 Å². The zero-order chi connectivity index (χ0) is 15.0. The Kier molecular flexibility index (Phi) is 3.25. The molecule has 7 heteroatoms. The van der Waals surface area contributed by atoms with Gasteiger partial charge in [0.15, 0.2) is 5.82 Å². The number of likely N-dealkylation sites (tertiary alicyclic amines) is 1. The van der Waals surface area contributed by atoms with Crippen LogP contribution in [0.5, 0.6) is 5.75 Å². The van der Waals surface area contributed by atoms with E-state index in [9.17, 15) is 14.7 Å². The molecule has 0 spiro atoms. The second-order valence-electron chi connectivity index (χ2n) is 5.20. The number of hydrogen-bond donors (Lipinski definition) is 3. The lowest BCUT2D eigenvalue weighted by Crippen LogP contribution is -2.47. The number of benzene rings is 1. The average molecular weight is 288 g/mol. The van der Waals surface area contributed by atoms with Gasteiger partial charge in [-0.2, -0.15) is 5.10 Å². The minimum Gasteiger partial charge on any atom is -0.508 e. The monoisotopic (exact) mass is 288 g/mol. The van der Waals surface area contributed by atoms with Crippen molar-refractivity contribution in [2.75, 3.05) is 12.4 Å². The van der Waals surface area contributed by atoms with Crippen LogP contribution in [0.4, 0.5) is 5.82 Å². The molecule has 110 valence electrons. The van der Waals surface area contributed by atoms with E-state index >= 15 is 0 Å². The number of carbonyl (C=O) groups is 2. The van der Waals surface area contributed by atoms with Crippen molar-refractivity contribution in [2.24, 2.45) is 0 Å². The van der Waals surface area contributed by atoms with E-state index < -0.39 is 6.04 Å². The van der Waals surface area contributed by atoms with Crippen LogP contribution in [0, 0.1) is 0 Å². The lowest BCUT2D eigenvalue weighted by Gasteiger charge is -2.31. The Bertz CT molecular complexity index is 709. The third kappa shape index (κ3) is 2.42. The smallest absolute Gasteiger partial charge is 0.248 e. The molecular weight excluding hydrogens is 272 g/mol. The molecule has 0 radical (unpaired) electrons. The minimum atomic E-state index is -0.463. The minimum absolute atomic E-state index is 0.0155. The van der Waals surface area contributed by atoms with Crippen molar-refractivity contribution in [1.29, 1.82) is 0 Å². The number of carbonyl (C=O) groups excluding carboxylic acids is 2. The lowest BCUT2D eigenvalue weighted by molar-refractivity contribution is -0.140. The van der Waals surface area contributed by atoms with Gasteiger partial charge in [-0.3, -0.25) is 14.7 Å². The molecule has 1 aromatic carbocycles. The van der Waals surface area contributed by atoms with E-state index in [-0.39, 0.29) is 17.6 Å². The molecular formula is C14H16N4O3. The normalized spacial score (nSPS) is 19.0. The van der Waals surface area contributed by atoms with Crippen LogP contribution in [0.3, 0.4) is 0 Å². The SMILES string of the molecule is CN1C(=O)CCCC1C(=O)Nc1n[nH]c2cc(O)ccc12. The Labute approximate surface area is 120 Å². The van der Waals surface area contributed by atoms with Crippen LogP contribution in [0.1, 0.15) is 19.3 Å². The molecule has 0 bridgehead atoms. The molecule has 1 aromatic heterocycles. The number of nitrogens with one attached hydrogen (secondary N) is 2. The molecule has 1 atom stereocenters. The number of rotatable bonds is 2. The summed E-state index contributed by atoms with van der Waals surface area (Å²) in [6.45, 7) is 0. The number of H-pyrrole nitrogens is 1. The molecule has 0 aliphatic carbocycles. The Balaban J connectivity index is 1.81. The van der Waals surface area contributed by atoms with Gasteiger partial charge in [0, 0.05) is 24.9 Å². The molecule has 2 heterocycles. The van der Waals surface area contributed by atoms with Gasteiger partial charge in [0.1, 0.15) is 11.8 Å². The fraction of sp³-hybridized carbons (Fsp3) is 0.357. The summed E-state index contributed by atoms with van der Waals surface area (Å²) in [5.41, 5.74) is 0.637. The van der Waals surface area contributed by atoms with E-state index in [1.54, 1.807) is 13.1 Å². The number of amides is 2. The maximum absolute atomic E-state index is 12.3. The molecule has 0 saturated carbocycles. The summed E-state index contributed by atoms with van der Waals surface area (Å²) in [4.78, 5) is 25.5. The maximum Gasteiger partial charge on any atom is 0.248 e. The van der Waals surface area contributed by atoms with E-state index in [1.807, 2.05) is 0 Å². The van der Waals surface area contributed by atoms with Crippen LogP contribution in [0.25, 0.3) is 10.9 Å². The highest BCUT2D eigenvalue weighted by Crippen LogP contribution is 2.25. The number of aromatic amines is 1. The third-order valence-corrected chi connectivity index (χ3v) is 3.82. The van der Waals surface area contributed by atoms with E-state index in [0.717, 1.165) is 6.42 Å². The summed E-state index contributed by atoms with van der Waals surface area (Å²) in [6.07, 6.45) is 1.86. The number of hydrogen-bond acceptors (Lipinski definition) is 4. The zero-order valence-corrected chi connectivity index (χ0v) is 11.6.